The molecule has 1 fully saturated rings. The third kappa shape index (κ3) is 8.47. The van der Waals surface area contributed by atoms with Crippen molar-refractivity contribution in [2.24, 2.45) is 0 Å². The number of phosphoric ester groups is 1. The molecule has 1 aliphatic rings. The molecule has 0 spiro atoms. The third-order valence-electron chi connectivity index (χ3n) is 5.82. The van der Waals surface area contributed by atoms with Gasteiger partial charge in [0.25, 0.3) is 5.56 Å². The molecule has 0 aliphatic carbocycles. The van der Waals surface area contributed by atoms with Crippen LogP contribution in [-0.2, 0) is 38.1 Å². The lowest BCUT2D eigenvalue weighted by molar-refractivity contribution is -0.0547. The Morgan fingerprint density at radius 2 is 1.63 bits per heavy atom. The van der Waals surface area contributed by atoms with Crippen molar-refractivity contribution in [3.8, 4) is 11.1 Å². The van der Waals surface area contributed by atoms with Gasteiger partial charge in [0.15, 0.2) is 6.23 Å². The molecular formula is C21H23FN3O15P3. The first-order chi connectivity index (χ1) is 19.9. The summed E-state index contributed by atoms with van der Waals surface area (Å²) in [6.07, 6.45) is -4.73. The summed E-state index contributed by atoms with van der Waals surface area (Å²) in [5.74, 6) is -0.476. The van der Waals surface area contributed by atoms with Gasteiger partial charge < -0.3 is 34.5 Å². The van der Waals surface area contributed by atoms with E-state index in [-0.39, 0.29) is 12.2 Å². The van der Waals surface area contributed by atoms with Crippen molar-refractivity contribution in [2.45, 2.75) is 31.1 Å². The van der Waals surface area contributed by atoms with Crippen molar-refractivity contribution in [1.82, 2.24) is 14.1 Å². The standard InChI is InChI=1S/C21H23FN3O15P3/c22-14-3-1-2-12(8-14)13-4-6-23-15(9-13)10-25-17(26)5-7-24(21(25)29)20-19(28)18(27)16(38-20)11-37-42(33,34)40-43(35,36)39-41(30,31)32/h1-9,16,18-20,27-28H,10-11H2,(H,33,34)(H,35,36)(H2,30,31,32)/t16-,18?,19?,20-/m1/s1. The first kappa shape index (κ1) is 33.2. The van der Waals surface area contributed by atoms with Crippen molar-refractivity contribution in [3.05, 3.63) is 87.2 Å². The molecule has 1 saturated heterocycles. The molecule has 3 heterocycles. The van der Waals surface area contributed by atoms with Gasteiger partial charge in [-0.05, 0) is 35.4 Å². The van der Waals surface area contributed by atoms with E-state index in [0.717, 1.165) is 21.4 Å². The summed E-state index contributed by atoms with van der Waals surface area (Å²) in [5, 5.41) is 20.9. The average Bonchev–Trinajstić information content (AvgIpc) is 3.16. The molecule has 1 aromatic carbocycles. The van der Waals surface area contributed by atoms with Crippen LogP contribution >= 0.6 is 23.5 Å². The SMILES string of the molecule is O=c1ccn([C@@H]2O[C@H](COP(=O)(O)OP(=O)(O)OP(=O)(O)O)C(O)C2O)c(=O)n1Cc1cc(-c2cccc(F)c2)ccn1. The molecule has 4 rings (SSSR count). The van der Waals surface area contributed by atoms with Crippen molar-refractivity contribution < 1.29 is 65.8 Å². The average molecular weight is 669 g/mol. The highest BCUT2D eigenvalue weighted by Crippen LogP contribution is 2.66. The fourth-order valence-corrected chi connectivity index (χ4v) is 7.04. The molecule has 6 atom stereocenters. The van der Waals surface area contributed by atoms with Gasteiger partial charge in [0.05, 0.1) is 18.8 Å². The van der Waals surface area contributed by atoms with Crippen LogP contribution in [0.15, 0.2) is 64.4 Å². The molecular weight excluding hydrogens is 646 g/mol. The van der Waals surface area contributed by atoms with Crippen LogP contribution in [0.2, 0.25) is 0 Å². The van der Waals surface area contributed by atoms with E-state index in [0.29, 0.717) is 11.1 Å². The molecule has 6 N–H and O–H groups in total. The molecule has 0 radical (unpaired) electrons. The number of halogens is 1. The van der Waals surface area contributed by atoms with E-state index in [9.17, 15) is 47.7 Å². The van der Waals surface area contributed by atoms with Gasteiger partial charge in [-0.25, -0.2) is 22.9 Å². The number of aliphatic hydroxyl groups is 2. The second-order valence-electron chi connectivity index (χ2n) is 8.91. The molecule has 3 aromatic rings. The fourth-order valence-electron chi connectivity index (χ4n) is 4.01. The minimum Gasteiger partial charge on any atom is -0.387 e. The highest BCUT2D eigenvalue weighted by molar-refractivity contribution is 7.66. The Morgan fingerprint density at radius 1 is 0.930 bits per heavy atom. The number of aromatic nitrogens is 3. The number of phosphoric acid groups is 3. The minimum absolute atomic E-state index is 0.237. The number of rotatable bonds is 11. The molecule has 18 nitrogen and oxygen atoms in total. The van der Waals surface area contributed by atoms with E-state index in [1.165, 1.54) is 30.5 Å². The second-order valence-corrected chi connectivity index (χ2v) is 13.3. The Balaban J connectivity index is 1.51. The number of hydrogen-bond donors (Lipinski definition) is 6. The summed E-state index contributed by atoms with van der Waals surface area (Å²) >= 11 is 0. The number of benzene rings is 1. The fraction of sp³-hybridized carbons (Fsp3) is 0.286. The summed E-state index contributed by atoms with van der Waals surface area (Å²) < 4.78 is 66.3. The second kappa shape index (κ2) is 12.7. The van der Waals surface area contributed by atoms with Gasteiger partial charge in [-0.2, -0.15) is 8.62 Å². The molecule has 1 aliphatic heterocycles. The Morgan fingerprint density at radius 3 is 2.30 bits per heavy atom. The third-order valence-corrected chi connectivity index (χ3v) is 9.62. The Kier molecular flexibility index (Phi) is 9.80. The molecule has 2 aromatic heterocycles. The zero-order valence-corrected chi connectivity index (χ0v) is 24.0. The molecule has 43 heavy (non-hydrogen) atoms. The van der Waals surface area contributed by atoms with Crippen molar-refractivity contribution >= 4 is 23.5 Å². The highest BCUT2D eigenvalue weighted by atomic mass is 31.3. The van der Waals surface area contributed by atoms with Crippen LogP contribution in [0.5, 0.6) is 0 Å². The minimum atomic E-state index is -5.81. The topological polar surface area (TPSA) is 266 Å². The van der Waals surface area contributed by atoms with Gasteiger partial charge in [-0.15, -0.1) is 0 Å². The van der Waals surface area contributed by atoms with Crippen molar-refractivity contribution in [3.63, 3.8) is 0 Å². The van der Waals surface area contributed by atoms with Crippen molar-refractivity contribution in [1.29, 1.82) is 0 Å². The van der Waals surface area contributed by atoms with Crippen LogP contribution in [-0.4, -0.2) is 68.8 Å². The van der Waals surface area contributed by atoms with Crippen molar-refractivity contribution in [2.75, 3.05) is 6.61 Å². The molecule has 4 unspecified atom stereocenters. The number of pyridine rings is 1. The van der Waals surface area contributed by atoms with E-state index in [1.54, 1.807) is 12.1 Å². The van der Waals surface area contributed by atoms with Crippen LogP contribution in [0, 0.1) is 5.82 Å². The van der Waals surface area contributed by atoms with Crippen LogP contribution in [0.1, 0.15) is 11.9 Å². The van der Waals surface area contributed by atoms with Gasteiger partial charge in [0, 0.05) is 18.5 Å². The van der Waals surface area contributed by atoms with E-state index < -0.39 is 71.7 Å². The first-order valence-corrected chi connectivity index (χ1v) is 16.3. The number of aliphatic hydroxyl groups excluding tert-OH is 2. The lowest BCUT2D eigenvalue weighted by Crippen LogP contribution is -2.43. The summed E-state index contributed by atoms with van der Waals surface area (Å²) in [5.41, 5.74) is -0.488. The predicted molar refractivity (Wildman–Crippen MR) is 139 cm³/mol. The summed E-state index contributed by atoms with van der Waals surface area (Å²) in [6, 6.07) is 9.78. The lowest BCUT2D eigenvalue weighted by atomic mass is 10.1. The van der Waals surface area contributed by atoms with Gasteiger partial charge in [0.1, 0.15) is 24.1 Å². The molecule has 0 amide bonds. The molecule has 234 valence electrons. The largest absolute Gasteiger partial charge is 0.490 e. The normalized spacial score (nSPS) is 23.5. The highest BCUT2D eigenvalue weighted by Gasteiger charge is 2.47. The Labute approximate surface area is 239 Å². The van der Waals surface area contributed by atoms with E-state index in [2.05, 4.69) is 18.1 Å². The van der Waals surface area contributed by atoms with Crippen LogP contribution in [0.4, 0.5) is 4.39 Å². The summed E-state index contributed by atoms with van der Waals surface area (Å²) in [4.78, 5) is 65.9. The van der Waals surface area contributed by atoms with E-state index in [1.807, 2.05) is 0 Å². The maximum atomic E-state index is 13.7. The quantitative estimate of drug-likeness (QED) is 0.149. The number of nitrogens with zero attached hydrogens (tertiary/aromatic N) is 3. The maximum absolute atomic E-state index is 13.7. The van der Waals surface area contributed by atoms with Crippen LogP contribution < -0.4 is 11.2 Å². The van der Waals surface area contributed by atoms with Gasteiger partial charge in [-0.1, -0.05) is 12.1 Å². The van der Waals surface area contributed by atoms with Gasteiger partial charge in [0.2, 0.25) is 0 Å². The molecule has 0 saturated carbocycles. The summed E-state index contributed by atoms with van der Waals surface area (Å²) in [7, 11) is -17.0. The zero-order valence-electron chi connectivity index (χ0n) is 21.3. The number of hydrogen-bond acceptors (Lipinski definition) is 12. The Bertz CT molecular complexity index is 1760. The molecule has 22 heteroatoms. The van der Waals surface area contributed by atoms with Crippen LogP contribution in [0.25, 0.3) is 11.1 Å². The first-order valence-electron chi connectivity index (χ1n) is 11.8. The predicted octanol–water partition coefficient (Wildman–Crippen LogP) is 0.222. The monoisotopic (exact) mass is 669 g/mol. The summed E-state index contributed by atoms with van der Waals surface area (Å²) in [6.45, 7) is -1.47. The maximum Gasteiger partial charge on any atom is 0.490 e. The van der Waals surface area contributed by atoms with E-state index in [4.69, 9.17) is 14.5 Å². The Hall–Kier alpha value is -2.73. The lowest BCUT2D eigenvalue weighted by Gasteiger charge is -2.19. The van der Waals surface area contributed by atoms with Gasteiger partial charge in [-0.3, -0.25) is 23.4 Å². The van der Waals surface area contributed by atoms with Crippen LogP contribution in [0.3, 0.4) is 0 Å². The smallest absolute Gasteiger partial charge is 0.387 e. The number of ether oxygens (including phenoxy) is 1. The van der Waals surface area contributed by atoms with Gasteiger partial charge >= 0.3 is 29.2 Å². The zero-order chi connectivity index (χ0) is 31.7. The van der Waals surface area contributed by atoms with E-state index >= 15 is 0 Å². The molecule has 0 bridgehead atoms.